The Labute approximate surface area is 74.1 Å². The minimum absolute atomic E-state index is 0.305. The molecule has 0 aliphatic carbocycles. The van der Waals surface area contributed by atoms with E-state index in [1.165, 1.54) is 7.11 Å². The molecular formula is C7H14NO3P. The predicted molar refractivity (Wildman–Crippen MR) is 47.4 cm³/mol. The van der Waals surface area contributed by atoms with Gasteiger partial charge in [-0.3, -0.25) is 9.46 Å². The summed E-state index contributed by atoms with van der Waals surface area (Å²) in [5.74, 6) is -0.646. The second kappa shape index (κ2) is 4.17. The number of carbonyl (C=O) groups is 1. The first-order chi connectivity index (χ1) is 5.65. The lowest BCUT2D eigenvalue weighted by molar-refractivity contribution is -0.151. The molecule has 4 nitrogen and oxygen atoms in total. The molecule has 0 bridgehead atoms. The number of esters is 1. The van der Waals surface area contributed by atoms with Gasteiger partial charge in [0.1, 0.15) is 0 Å². The standard InChI is InChI=1S/C7H14NO3P/c1-11-7(10)5-2-3-8(12)4-6(5)9/h5-6,9H,2-4,12H2,1H3. The zero-order chi connectivity index (χ0) is 9.14. The largest absolute Gasteiger partial charge is 0.469 e. The molecule has 3 unspecified atom stereocenters. The van der Waals surface area contributed by atoms with Gasteiger partial charge in [-0.25, -0.2) is 0 Å². The molecule has 5 heteroatoms. The second-order valence-electron chi connectivity index (χ2n) is 2.98. The fourth-order valence-electron chi connectivity index (χ4n) is 1.38. The van der Waals surface area contributed by atoms with Crippen molar-refractivity contribution in [2.24, 2.45) is 5.92 Å². The van der Waals surface area contributed by atoms with Crippen molar-refractivity contribution in [1.29, 1.82) is 0 Å². The molecule has 0 aromatic carbocycles. The van der Waals surface area contributed by atoms with Gasteiger partial charge in [0, 0.05) is 13.1 Å². The molecule has 12 heavy (non-hydrogen) atoms. The molecule has 1 aliphatic heterocycles. The van der Waals surface area contributed by atoms with E-state index < -0.39 is 6.10 Å². The van der Waals surface area contributed by atoms with Crippen LogP contribution in [0.5, 0.6) is 0 Å². The van der Waals surface area contributed by atoms with E-state index in [1.807, 2.05) is 4.67 Å². The van der Waals surface area contributed by atoms with E-state index >= 15 is 0 Å². The van der Waals surface area contributed by atoms with Crippen LogP contribution < -0.4 is 0 Å². The van der Waals surface area contributed by atoms with E-state index in [4.69, 9.17) is 0 Å². The Bertz CT molecular complexity index is 176. The van der Waals surface area contributed by atoms with Crippen LogP contribution in [0, 0.1) is 5.92 Å². The quantitative estimate of drug-likeness (QED) is 0.454. The van der Waals surface area contributed by atoms with Gasteiger partial charge < -0.3 is 9.84 Å². The Morgan fingerprint density at radius 1 is 1.75 bits per heavy atom. The van der Waals surface area contributed by atoms with Crippen molar-refractivity contribution in [3.05, 3.63) is 0 Å². The molecule has 3 atom stereocenters. The number of rotatable bonds is 1. The molecule has 1 aliphatic rings. The van der Waals surface area contributed by atoms with Crippen LogP contribution >= 0.6 is 9.39 Å². The van der Waals surface area contributed by atoms with Crippen LogP contribution in [-0.2, 0) is 9.53 Å². The van der Waals surface area contributed by atoms with Crippen LogP contribution in [0.4, 0.5) is 0 Å². The normalized spacial score (nSPS) is 31.6. The lowest BCUT2D eigenvalue weighted by Gasteiger charge is -2.31. The predicted octanol–water partition coefficient (Wildman–Crippen LogP) is -0.368. The number of methoxy groups -OCH3 is 1. The number of aliphatic hydroxyl groups excluding tert-OH is 1. The van der Waals surface area contributed by atoms with Crippen LogP contribution in [0.2, 0.25) is 0 Å². The van der Waals surface area contributed by atoms with E-state index in [1.54, 1.807) is 0 Å². The van der Waals surface area contributed by atoms with Gasteiger partial charge >= 0.3 is 5.97 Å². The van der Waals surface area contributed by atoms with Crippen LogP contribution in [0.3, 0.4) is 0 Å². The van der Waals surface area contributed by atoms with E-state index in [0.29, 0.717) is 13.0 Å². The third-order valence-corrected chi connectivity index (χ3v) is 2.59. The van der Waals surface area contributed by atoms with Crippen LogP contribution in [0.25, 0.3) is 0 Å². The highest BCUT2D eigenvalue weighted by molar-refractivity contribution is 7.13. The summed E-state index contributed by atoms with van der Waals surface area (Å²) in [5.41, 5.74) is 0. The molecule has 0 radical (unpaired) electrons. The fourth-order valence-corrected chi connectivity index (χ4v) is 1.75. The zero-order valence-corrected chi connectivity index (χ0v) is 8.22. The molecule has 1 saturated heterocycles. The Kier molecular flexibility index (Phi) is 3.44. The SMILES string of the molecule is COC(=O)C1CCN(P)CC1O. The van der Waals surface area contributed by atoms with Crippen molar-refractivity contribution in [2.45, 2.75) is 12.5 Å². The number of carbonyl (C=O) groups excluding carboxylic acids is 1. The van der Waals surface area contributed by atoms with E-state index in [-0.39, 0.29) is 11.9 Å². The van der Waals surface area contributed by atoms with Gasteiger partial charge in [-0.2, -0.15) is 0 Å². The average molecular weight is 191 g/mol. The molecule has 0 aromatic rings. The maximum atomic E-state index is 11.1. The summed E-state index contributed by atoms with van der Waals surface area (Å²) in [4.78, 5) is 11.1. The molecular weight excluding hydrogens is 177 g/mol. The number of ether oxygens (including phenoxy) is 1. The number of β-amino-alcohol motifs (C(OH)–C–C–N with tert-alkyl or cyclic N) is 1. The summed E-state index contributed by atoms with van der Waals surface area (Å²) in [7, 11) is 3.86. The van der Waals surface area contributed by atoms with E-state index in [2.05, 4.69) is 14.1 Å². The van der Waals surface area contributed by atoms with E-state index in [0.717, 1.165) is 6.54 Å². The lowest BCUT2D eigenvalue weighted by Crippen LogP contribution is -2.43. The van der Waals surface area contributed by atoms with Gasteiger partial charge in [0.05, 0.1) is 19.1 Å². The fraction of sp³-hybridized carbons (Fsp3) is 0.857. The Morgan fingerprint density at radius 3 is 2.92 bits per heavy atom. The van der Waals surface area contributed by atoms with Crippen LogP contribution in [0.1, 0.15) is 6.42 Å². The molecule has 0 aromatic heterocycles. The molecule has 1 heterocycles. The third-order valence-electron chi connectivity index (χ3n) is 2.12. The van der Waals surface area contributed by atoms with Crippen molar-refractivity contribution >= 4 is 15.4 Å². The molecule has 1 fully saturated rings. The van der Waals surface area contributed by atoms with Crippen molar-refractivity contribution in [3.63, 3.8) is 0 Å². The monoisotopic (exact) mass is 191 g/mol. The van der Waals surface area contributed by atoms with Crippen molar-refractivity contribution in [2.75, 3.05) is 20.2 Å². The van der Waals surface area contributed by atoms with Gasteiger partial charge in [-0.05, 0) is 6.42 Å². The van der Waals surface area contributed by atoms with Gasteiger partial charge in [0.25, 0.3) is 0 Å². The Hall–Kier alpha value is -0.180. The van der Waals surface area contributed by atoms with Crippen LogP contribution in [-0.4, -0.2) is 42.0 Å². The third kappa shape index (κ3) is 2.16. The number of aliphatic hydroxyl groups is 1. The van der Waals surface area contributed by atoms with Gasteiger partial charge in [-0.1, -0.05) is 9.39 Å². The highest BCUT2D eigenvalue weighted by Gasteiger charge is 2.32. The summed E-state index contributed by atoms with van der Waals surface area (Å²) in [6.07, 6.45) is 0.0702. The minimum atomic E-state index is -0.594. The lowest BCUT2D eigenvalue weighted by atomic mass is 9.95. The Balaban J connectivity index is 2.50. The van der Waals surface area contributed by atoms with E-state index in [9.17, 15) is 9.90 Å². The average Bonchev–Trinajstić information content (AvgIpc) is 2.03. The number of hydrogen-bond acceptors (Lipinski definition) is 4. The summed E-state index contributed by atoms with van der Waals surface area (Å²) < 4.78 is 6.49. The van der Waals surface area contributed by atoms with Crippen molar-refractivity contribution in [3.8, 4) is 0 Å². The summed E-state index contributed by atoms with van der Waals surface area (Å²) in [6.45, 7) is 1.33. The Morgan fingerprint density at radius 2 is 2.42 bits per heavy atom. The molecule has 0 amide bonds. The minimum Gasteiger partial charge on any atom is -0.469 e. The van der Waals surface area contributed by atoms with Crippen molar-refractivity contribution in [1.82, 2.24) is 4.67 Å². The highest BCUT2D eigenvalue weighted by atomic mass is 31.0. The topological polar surface area (TPSA) is 49.8 Å². The molecule has 0 saturated carbocycles. The molecule has 1 rings (SSSR count). The molecule has 70 valence electrons. The first-order valence-corrected chi connectivity index (χ1v) is 4.42. The van der Waals surface area contributed by atoms with Gasteiger partial charge in [0.2, 0.25) is 0 Å². The number of nitrogens with zero attached hydrogens (tertiary/aromatic N) is 1. The number of hydrogen-bond donors (Lipinski definition) is 1. The first kappa shape index (κ1) is 9.90. The van der Waals surface area contributed by atoms with Gasteiger partial charge in [-0.15, -0.1) is 0 Å². The summed E-state index contributed by atoms with van der Waals surface area (Å²) in [5, 5.41) is 9.49. The summed E-state index contributed by atoms with van der Waals surface area (Å²) >= 11 is 0. The maximum Gasteiger partial charge on any atom is 0.311 e. The second-order valence-corrected chi connectivity index (χ2v) is 3.71. The maximum absolute atomic E-state index is 11.1. The molecule has 1 N–H and O–H groups in total. The zero-order valence-electron chi connectivity index (χ0n) is 7.06. The van der Waals surface area contributed by atoms with Crippen LogP contribution in [0.15, 0.2) is 0 Å². The summed E-state index contributed by atoms with van der Waals surface area (Å²) in [6, 6.07) is 0. The highest BCUT2D eigenvalue weighted by Crippen LogP contribution is 2.20. The first-order valence-electron chi connectivity index (χ1n) is 3.90. The number of piperidine rings is 1. The van der Waals surface area contributed by atoms with Gasteiger partial charge in [0.15, 0.2) is 0 Å². The molecule has 0 spiro atoms. The van der Waals surface area contributed by atoms with Crippen molar-refractivity contribution < 1.29 is 14.6 Å². The smallest absolute Gasteiger partial charge is 0.311 e.